The lowest BCUT2D eigenvalue weighted by molar-refractivity contribution is 0.539. The summed E-state index contributed by atoms with van der Waals surface area (Å²) in [5, 5.41) is 3.63. The number of nitrogens with one attached hydrogen (secondary N) is 1. The second kappa shape index (κ2) is 4.67. The molecule has 0 aliphatic heterocycles. The molecule has 1 atom stereocenters. The van der Waals surface area contributed by atoms with E-state index in [1.165, 1.54) is 41.1 Å². The lowest BCUT2D eigenvalue weighted by Crippen LogP contribution is -2.20. The first-order chi connectivity index (χ1) is 7.16. The van der Waals surface area contributed by atoms with E-state index in [-0.39, 0.29) is 0 Å². The molecule has 1 nitrogen and oxygen atoms in total. The van der Waals surface area contributed by atoms with Crippen LogP contribution in [0.5, 0.6) is 0 Å². The molecule has 1 aromatic rings. The van der Waals surface area contributed by atoms with Gasteiger partial charge in [0, 0.05) is 15.8 Å². The first kappa shape index (κ1) is 11.2. The van der Waals surface area contributed by atoms with E-state index in [1.807, 2.05) is 11.3 Å². The average molecular weight is 223 g/mol. The molecule has 1 N–H and O–H groups in total. The summed E-state index contributed by atoms with van der Waals surface area (Å²) in [5.74, 6) is 1.04. The molecule has 1 aromatic heterocycles. The van der Waals surface area contributed by atoms with Crippen LogP contribution < -0.4 is 5.32 Å². The molecule has 0 amide bonds. The van der Waals surface area contributed by atoms with Crippen molar-refractivity contribution in [1.82, 2.24) is 5.32 Å². The molecule has 1 heterocycles. The Balaban J connectivity index is 1.83. The van der Waals surface area contributed by atoms with E-state index in [4.69, 9.17) is 0 Å². The minimum Gasteiger partial charge on any atom is -0.310 e. The Morgan fingerprint density at radius 3 is 2.73 bits per heavy atom. The van der Waals surface area contributed by atoms with Gasteiger partial charge in [-0.2, -0.15) is 0 Å². The van der Waals surface area contributed by atoms with Gasteiger partial charge in [0.15, 0.2) is 0 Å². The number of aryl methyl sites for hydroxylation is 2. The lowest BCUT2D eigenvalue weighted by atomic mass is 10.1. The maximum atomic E-state index is 3.63. The van der Waals surface area contributed by atoms with Crippen molar-refractivity contribution in [3.05, 3.63) is 21.4 Å². The van der Waals surface area contributed by atoms with Crippen molar-refractivity contribution in [2.45, 2.75) is 46.1 Å². The van der Waals surface area contributed by atoms with Crippen molar-refractivity contribution in [3.8, 4) is 0 Å². The maximum Gasteiger partial charge on any atom is 0.0302 e. The molecule has 84 valence electrons. The van der Waals surface area contributed by atoms with E-state index < -0.39 is 0 Å². The summed E-state index contributed by atoms with van der Waals surface area (Å²) in [7, 11) is 0. The molecule has 0 spiro atoms. The minimum absolute atomic E-state index is 0.522. The van der Waals surface area contributed by atoms with Crippen LogP contribution in [0.25, 0.3) is 0 Å². The van der Waals surface area contributed by atoms with E-state index in [0.717, 1.165) is 5.92 Å². The van der Waals surface area contributed by atoms with E-state index in [0.29, 0.717) is 6.04 Å². The van der Waals surface area contributed by atoms with E-state index in [1.54, 1.807) is 0 Å². The molecule has 0 aromatic carbocycles. The summed E-state index contributed by atoms with van der Waals surface area (Å²) in [6, 6.07) is 2.85. The van der Waals surface area contributed by atoms with Crippen LogP contribution in [0.4, 0.5) is 0 Å². The fourth-order valence-electron chi connectivity index (χ4n) is 2.10. The van der Waals surface area contributed by atoms with Gasteiger partial charge in [0.05, 0.1) is 0 Å². The third-order valence-electron chi connectivity index (χ3n) is 3.25. The molecule has 1 saturated carbocycles. The van der Waals surface area contributed by atoms with Gasteiger partial charge in [-0.1, -0.05) is 12.8 Å². The molecule has 2 heteroatoms. The Bertz CT molecular complexity index is 325. The van der Waals surface area contributed by atoms with Gasteiger partial charge in [-0.25, -0.2) is 0 Å². The molecule has 15 heavy (non-hydrogen) atoms. The van der Waals surface area contributed by atoms with Crippen molar-refractivity contribution in [3.63, 3.8) is 0 Å². The van der Waals surface area contributed by atoms with Gasteiger partial charge < -0.3 is 5.32 Å². The predicted octanol–water partition coefficient (Wildman–Crippen LogP) is 3.82. The number of thiophene rings is 1. The van der Waals surface area contributed by atoms with Crippen LogP contribution in [-0.4, -0.2) is 6.54 Å². The Kier molecular flexibility index (Phi) is 3.47. The highest BCUT2D eigenvalue weighted by Gasteiger charge is 2.20. The smallest absolute Gasteiger partial charge is 0.0302 e. The first-order valence-corrected chi connectivity index (χ1v) is 6.79. The van der Waals surface area contributed by atoms with Crippen molar-refractivity contribution in [1.29, 1.82) is 0 Å². The summed E-state index contributed by atoms with van der Waals surface area (Å²) >= 11 is 1.91. The molecular weight excluding hydrogens is 202 g/mol. The van der Waals surface area contributed by atoms with Crippen LogP contribution in [0.1, 0.15) is 47.5 Å². The molecule has 0 saturated heterocycles. The topological polar surface area (TPSA) is 12.0 Å². The quantitative estimate of drug-likeness (QED) is 0.800. The standard InChI is InChI=1S/C13H21NS/c1-9-8-13(11(3)15-9)10(2)14-7-6-12-4-5-12/h8,10,12,14H,4-7H2,1-3H3. The largest absolute Gasteiger partial charge is 0.310 e. The second-order valence-electron chi connectivity index (χ2n) is 4.78. The molecular formula is C13H21NS. The van der Waals surface area contributed by atoms with Gasteiger partial charge in [-0.05, 0) is 51.3 Å². The van der Waals surface area contributed by atoms with Gasteiger partial charge >= 0.3 is 0 Å². The van der Waals surface area contributed by atoms with E-state index in [9.17, 15) is 0 Å². The molecule has 1 fully saturated rings. The monoisotopic (exact) mass is 223 g/mol. The van der Waals surface area contributed by atoms with Crippen LogP contribution in [0.2, 0.25) is 0 Å². The summed E-state index contributed by atoms with van der Waals surface area (Å²) in [6.45, 7) is 7.88. The summed E-state index contributed by atoms with van der Waals surface area (Å²) in [6.07, 6.45) is 4.30. The maximum absolute atomic E-state index is 3.63. The van der Waals surface area contributed by atoms with E-state index >= 15 is 0 Å². The molecule has 1 unspecified atom stereocenters. The number of rotatable bonds is 5. The molecule has 0 radical (unpaired) electrons. The van der Waals surface area contributed by atoms with Crippen LogP contribution in [-0.2, 0) is 0 Å². The highest BCUT2D eigenvalue weighted by atomic mass is 32.1. The summed E-state index contributed by atoms with van der Waals surface area (Å²) in [4.78, 5) is 2.90. The van der Waals surface area contributed by atoms with Crippen molar-refractivity contribution < 1.29 is 0 Å². The van der Waals surface area contributed by atoms with Gasteiger partial charge in [0.1, 0.15) is 0 Å². The molecule has 1 aliphatic carbocycles. The first-order valence-electron chi connectivity index (χ1n) is 5.97. The highest BCUT2D eigenvalue weighted by molar-refractivity contribution is 7.12. The van der Waals surface area contributed by atoms with Gasteiger partial charge in [-0.3, -0.25) is 0 Å². The third kappa shape index (κ3) is 3.05. The predicted molar refractivity (Wildman–Crippen MR) is 67.6 cm³/mol. The second-order valence-corrected chi connectivity index (χ2v) is 6.24. The Morgan fingerprint density at radius 2 is 2.20 bits per heavy atom. The summed E-state index contributed by atoms with van der Waals surface area (Å²) in [5.41, 5.74) is 1.49. The fourth-order valence-corrected chi connectivity index (χ4v) is 3.12. The van der Waals surface area contributed by atoms with Crippen molar-refractivity contribution >= 4 is 11.3 Å². The molecule has 0 bridgehead atoms. The Hall–Kier alpha value is -0.340. The SMILES string of the molecule is Cc1cc(C(C)NCCC2CC2)c(C)s1. The highest BCUT2D eigenvalue weighted by Crippen LogP contribution is 2.32. The van der Waals surface area contributed by atoms with Gasteiger partial charge in [0.25, 0.3) is 0 Å². The molecule has 2 rings (SSSR count). The molecule has 1 aliphatic rings. The van der Waals surface area contributed by atoms with Crippen LogP contribution in [0.15, 0.2) is 6.07 Å². The number of hydrogen-bond acceptors (Lipinski definition) is 2. The Morgan fingerprint density at radius 1 is 1.47 bits per heavy atom. The van der Waals surface area contributed by atoms with Crippen LogP contribution in [0.3, 0.4) is 0 Å². The average Bonchev–Trinajstić information content (AvgIpc) is 2.92. The zero-order valence-electron chi connectivity index (χ0n) is 9.97. The fraction of sp³-hybridized carbons (Fsp3) is 0.692. The van der Waals surface area contributed by atoms with Crippen molar-refractivity contribution in [2.75, 3.05) is 6.54 Å². The van der Waals surface area contributed by atoms with E-state index in [2.05, 4.69) is 32.2 Å². The minimum atomic E-state index is 0.522. The van der Waals surface area contributed by atoms with Gasteiger partial charge in [-0.15, -0.1) is 11.3 Å². The lowest BCUT2D eigenvalue weighted by Gasteiger charge is -2.13. The zero-order valence-corrected chi connectivity index (χ0v) is 10.8. The van der Waals surface area contributed by atoms with Crippen LogP contribution in [0, 0.1) is 19.8 Å². The Labute approximate surface area is 96.9 Å². The third-order valence-corrected chi connectivity index (χ3v) is 4.23. The van der Waals surface area contributed by atoms with Crippen LogP contribution >= 0.6 is 11.3 Å². The number of hydrogen-bond donors (Lipinski definition) is 1. The van der Waals surface area contributed by atoms with Gasteiger partial charge in [0.2, 0.25) is 0 Å². The normalized spacial score (nSPS) is 18.1. The summed E-state index contributed by atoms with van der Waals surface area (Å²) < 4.78 is 0. The van der Waals surface area contributed by atoms with Crippen molar-refractivity contribution in [2.24, 2.45) is 5.92 Å². The zero-order chi connectivity index (χ0) is 10.8.